The van der Waals surface area contributed by atoms with Crippen molar-refractivity contribution in [2.75, 3.05) is 5.32 Å². The Balaban J connectivity index is 1.61. The number of aryl methyl sites for hydroxylation is 1. The molecular weight excluding hydrogens is 392 g/mol. The van der Waals surface area contributed by atoms with Crippen molar-refractivity contribution in [2.24, 2.45) is 0 Å². The van der Waals surface area contributed by atoms with Crippen molar-refractivity contribution in [3.05, 3.63) is 71.0 Å². The van der Waals surface area contributed by atoms with Crippen LogP contribution in [0.15, 0.2) is 54.7 Å². The van der Waals surface area contributed by atoms with Crippen LogP contribution in [-0.4, -0.2) is 22.3 Å². The Morgan fingerprint density at radius 1 is 1.21 bits per heavy atom. The molecule has 1 amide bonds. The second-order valence-corrected chi connectivity index (χ2v) is 6.22. The Hall–Kier alpha value is -3.13. The summed E-state index contributed by atoms with van der Waals surface area (Å²) in [6.07, 6.45) is 1.60. The first-order chi connectivity index (χ1) is 13.4. The van der Waals surface area contributed by atoms with Crippen LogP contribution in [0.2, 0.25) is 5.02 Å². The summed E-state index contributed by atoms with van der Waals surface area (Å²) >= 11 is 5.90. The van der Waals surface area contributed by atoms with Gasteiger partial charge in [0.1, 0.15) is 11.5 Å². The van der Waals surface area contributed by atoms with Crippen molar-refractivity contribution in [2.45, 2.75) is 20.3 Å². The summed E-state index contributed by atoms with van der Waals surface area (Å²) in [5.74, 6) is 0.163. The van der Waals surface area contributed by atoms with Gasteiger partial charge in [-0.1, -0.05) is 17.7 Å². The minimum absolute atomic E-state index is 0.0212. The zero-order valence-corrected chi connectivity index (χ0v) is 15.5. The Bertz CT molecular complexity index is 979. The number of anilines is 1. The predicted octanol–water partition coefficient (Wildman–Crippen LogP) is 4.74. The molecule has 0 saturated heterocycles. The number of hydrogen-bond acceptors (Lipinski definition) is 4. The maximum absolute atomic E-state index is 12.4. The number of amides is 1. The number of carbonyl (C=O) groups excluding carboxylic acids is 1. The molecule has 146 valence electrons. The van der Waals surface area contributed by atoms with E-state index in [1.165, 1.54) is 22.9 Å². The van der Waals surface area contributed by atoms with Gasteiger partial charge in [0.05, 0.1) is 0 Å². The zero-order valence-electron chi connectivity index (χ0n) is 14.7. The molecule has 28 heavy (non-hydrogen) atoms. The van der Waals surface area contributed by atoms with Gasteiger partial charge >= 0.3 is 6.61 Å². The molecule has 3 rings (SSSR count). The van der Waals surface area contributed by atoms with E-state index in [0.29, 0.717) is 22.0 Å². The summed E-state index contributed by atoms with van der Waals surface area (Å²) in [4.78, 5) is 12.4. The van der Waals surface area contributed by atoms with E-state index >= 15 is 0 Å². The maximum Gasteiger partial charge on any atom is 0.387 e. The van der Waals surface area contributed by atoms with E-state index in [1.54, 1.807) is 43.5 Å². The van der Waals surface area contributed by atoms with Crippen molar-refractivity contribution >= 4 is 23.2 Å². The predicted molar refractivity (Wildman–Crippen MR) is 100 cm³/mol. The Kier molecular flexibility index (Phi) is 6.10. The average molecular weight is 408 g/mol. The van der Waals surface area contributed by atoms with Crippen molar-refractivity contribution in [3.8, 4) is 11.5 Å². The molecule has 0 saturated carbocycles. The molecule has 0 aliphatic rings. The third-order valence-electron chi connectivity index (χ3n) is 3.70. The fourth-order valence-corrected chi connectivity index (χ4v) is 2.57. The largest absolute Gasteiger partial charge is 0.471 e. The molecule has 3 aromatic rings. The van der Waals surface area contributed by atoms with Crippen molar-refractivity contribution in [1.82, 2.24) is 9.78 Å². The number of halogens is 3. The third kappa shape index (κ3) is 5.20. The van der Waals surface area contributed by atoms with E-state index in [2.05, 4.69) is 15.2 Å². The van der Waals surface area contributed by atoms with E-state index in [0.717, 1.165) is 0 Å². The molecule has 1 heterocycles. The number of hydrogen-bond donors (Lipinski definition) is 1. The normalized spacial score (nSPS) is 10.8. The number of alkyl halides is 2. The van der Waals surface area contributed by atoms with Gasteiger partial charge in [0.15, 0.2) is 12.4 Å². The highest BCUT2D eigenvalue weighted by molar-refractivity contribution is 6.30. The molecule has 1 aromatic heterocycles. The first-order valence-electron chi connectivity index (χ1n) is 8.19. The molecule has 2 aromatic carbocycles. The maximum atomic E-state index is 12.4. The quantitative estimate of drug-likeness (QED) is 0.614. The van der Waals surface area contributed by atoms with Crippen LogP contribution in [0, 0.1) is 6.92 Å². The molecule has 0 atom stereocenters. The lowest BCUT2D eigenvalue weighted by Gasteiger charge is -2.10. The fraction of sp³-hybridized carbons (Fsp3) is 0.158. The minimum atomic E-state index is -2.90. The average Bonchev–Trinajstić information content (AvgIpc) is 3.11. The van der Waals surface area contributed by atoms with Crippen LogP contribution < -0.4 is 14.8 Å². The highest BCUT2D eigenvalue weighted by Gasteiger charge is 2.13. The molecule has 0 spiro atoms. The van der Waals surface area contributed by atoms with Crippen molar-refractivity contribution < 1.29 is 23.0 Å². The van der Waals surface area contributed by atoms with Crippen molar-refractivity contribution in [3.63, 3.8) is 0 Å². The van der Waals surface area contributed by atoms with E-state index in [1.807, 2.05) is 0 Å². The van der Waals surface area contributed by atoms with Gasteiger partial charge in [0, 0.05) is 16.9 Å². The fourth-order valence-electron chi connectivity index (χ4n) is 2.39. The van der Waals surface area contributed by atoms with Gasteiger partial charge in [-0.05, 0) is 55.0 Å². The van der Waals surface area contributed by atoms with Crippen LogP contribution >= 0.6 is 11.6 Å². The Labute approximate surface area is 164 Å². The zero-order chi connectivity index (χ0) is 20.1. The summed E-state index contributed by atoms with van der Waals surface area (Å²) in [7, 11) is 0. The number of carbonyl (C=O) groups is 1. The van der Waals surface area contributed by atoms with E-state index in [9.17, 15) is 13.6 Å². The summed E-state index contributed by atoms with van der Waals surface area (Å²) < 4.78 is 35.9. The second-order valence-electron chi connectivity index (χ2n) is 5.78. The summed E-state index contributed by atoms with van der Waals surface area (Å²) in [6, 6.07) is 12.7. The van der Waals surface area contributed by atoms with E-state index in [4.69, 9.17) is 16.3 Å². The lowest BCUT2D eigenvalue weighted by molar-refractivity contribution is -0.0498. The number of ether oxygens (including phenoxy) is 2. The standard InChI is InChI=1S/C19H16ClF2N3O3/c1-12-9-15(28-19(21)22)5-6-16(12)23-18(26)17-7-8-25(24-17)11-27-14-4-2-3-13(20)10-14/h2-10,19H,11H2,1H3,(H,23,26). The first-order valence-corrected chi connectivity index (χ1v) is 8.57. The third-order valence-corrected chi connectivity index (χ3v) is 3.94. The molecule has 0 aliphatic carbocycles. The molecule has 9 heteroatoms. The molecule has 1 N–H and O–H groups in total. The molecule has 0 unspecified atom stereocenters. The highest BCUT2D eigenvalue weighted by atomic mass is 35.5. The lowest BCUT2D eigenvalue weighted by atomic mass is 10.2. The van der Waals surface area contributed by atoms with Gasteiger partial charge in [0.2, 0.25) is 0 Å². The molecule has 6 nitrogen and oxygen atoms in total. The van der Waals surface area contributed by atoms with Crippen LogP contribution in [0.1, 0.15) is 16.1 Å². The molecule has 0 radical (unpaired) electrons. The van der Waals surface area contributed by atoms with Gasteiger partial charge < -0.3 is 14.8 Å². The van der Waals surface area contributed by atoms with Crippen LogP contribution in [0.25, 0.3) is 0 Å². The number of benzene rings is 2. The topological polar surface area (TPSA) is 65.4 Å². The van der Waals surface area contributed by atoms with Crippen LogP contribution in [0.4, 0.5) is 14.5 Å². The molecular formula is C19H16ClF2N3O3. The summed E-state index contributed by atoms with van der Waals surface area (Å²) in [5.41, 5.74) is 1.23. The summed E-state index contributed by atoms with van der Waals surface area (Å²) in [6.45, 7) is -1.13. The smallest absolute Gasteiger partial charge is 0.387 e. The number of nitrogens with one attached hydrogen (secondary N) is 1. The minimum Gasteiger partial charge on any atom is -0.471 e. The summed E-state index contributed by atoms with van der Waals surface area (Å²) in [5, 5.41) is 7.39. The van der Waals surface area contributed by atoms with Gasteiger partial charge in [-0.3, -0.25) is 4.79 Å². The number of aromatic nitrogens is 2. The number of rotatable bonds is 7. The van der Waals surface area contributed by atoms with Gasteiger partial charge in [0.25, 0.3) is 5.91 Å². The second kappa shape index (κ2) is 8.71. The lowest BCUT2D eigenvalue weighted by Crippen LogP contribution is -2.15. The molecule has 0 aliphatic heterocycles. The van der Waals surface area contributed by atoms with Crippen LogP contribution in [-0.2, 0) is 6.73 Å². The van der Waals surface area contributed by atoms with Crippen LogP contribution in [0.5, 0.6) is 11.5 Å². The molecule has 0 fully saturated rings. The highest BCUT2D eigenvalue weighted by Crippen LogP contribution is 2.23. The van der Waals surface area contributed by atoms with Crippen LogP contribution in [0.3, 0.4) is 0 Å². The van der Waals surface area contributed by atoms with E-state index < -0.39 is 12.5 Å². The van der Waals surface area contributed by atoms with Gasteiger partial charge in [-0.25, -0.2) is 4.68 Å². The molecule has 0 bridgehead atoms. The SMILES string of the molecule is Cc1cc(OC(F)F)ccc1NC(=O)c1ccn(COc2cccc(Cl)c2)n1. The Morgan fingerprint density at radius 3 is 2.75 bits per heavy atom. The van der Waals surface area contributed by atoms with Crippen molar-refractivity contribution in [1.29, 1.82) is 0 Å². The first kappa shape index (κ1) is 19.6. The van der Waals surface area contributed by atoms with E-state index in [-0.39, 0.29) is 18.2 Å². The number of nitrogens with zero attached hydrogens (tertiary/aromatic N) is 2. The van der Waals surface area contributed by atoms with Gasteiger partial charge in [-0.15, -0.1) is 0 Å². The monoisotopic (exact) mass is 407 g/mol. The van der Waals surface area contributed by atoms with Gasteiger partial charge in [-0.2, -0.15) is 13.9 Å². The Morgan fingerprint density at radius 2 is 2.04 bits per heavy atom.